The lowest BCUT2D eigenvalue weighted by atomic mass is 9.86. The largest absolute Gasteiger partial charge is 0.444 e. The van der Waals surface area contributed by atoms with E-state index >= 15 is 0 Å². The molecule has 124 valence electrons. The topological polar surface area (TPSA) is 81.5 Å². The third-order valence-corrected chi connectivity index (χ3v) is 3.32. The zero-order valence-corrected chi connectivity index (χ0v) is 14.2. The first kappa shape index (κ1) is 19.7. The second-order valence-electron chi connectivity index (χ2n) is 7.12. The van der Waals surface area contributed by atoms with Gasteiger partial charge in [0, 0.05) is 31.7 Å². The van der Waals surface area contributed by atoms with Crippen LogP contribution in [0.1, 0.15) is 67.2 Å². The number of carbonyl (C=O) groups is 1. The average Bonchev–Trinajstić information content (AvgIpc) is 2.30. The molecule has 1 amide bonds. The standard InChI is InChI=1S/C15H30N2O4/c1-7-12(11-15(5,6)17(19)20)9-8-10-16-13(18)21-14(2,3)4/h12H,7-11H2,1-6H3,(H,16,18)/t12-/m0/s1. The molecule has 0 saturated heterocycles. The molecule has 0 bridgehead atoms. The zero-order chi connectivity index (χ0) is 16.7. The number of amides is 1. The highest BCUT2D eigenvalue weighted by molar-refractivity contribution is 5.67. The van der Waals surface area contributed by atoms with Crippen LogP contribution >= 0.6 is 0 Å². The lowest BCUT2D eigenvalue weighted by Gasteiger charge is -2.22. The van der Waals surface area contributed by atoms with Gasteiger partial charge >= 0.3 is 6.09 Å². The van der Waals surface area contributed by atoms with E-state index in [1.54, 1.807) is 13.8 Å². The summed E-state index contributed by atoms with van der Waals surface area (Å²) in [4.78, 5) is 22.2. The first-order valence-corrected chi connectivity index (χ1v) is 7.59. The molecule has 1 N–H and O–H groups in total. The zero-order valence-electron chi connectivity index (χ0n) is 14.2. The Balaban J connectivity index is 4.04. The summed E-state index contributed by atoms with van der Waals surface area (Å²) in [5, 5.41) is 13.7. The van der Waals surface area contributed by atoms with E-state index in [4.69, 9.17) is 4.74 Å². The first-order valence-electron chi connectivity index (χ1n) is 7.59. The monoisotopic (exact) mass is 302 g/mol. The second kappa shape index (κ2) is 8.20. The van der Waals surface area contributed by atoms with E-state index in [1.165, 1.54) is 0 Å². The summed E-state index contributed by atoms with van der Waals surface area (Å²) in [5.41, 5.74) is -1.38. The van der Waals surface area contributed by atoms with Gasteiger partial charge in [-0.05, 0) is 39.5 Å². The van der Waals surface area contributed by atoms with E-state index in [2.05, 4.69) is 5.32 Å². The minimum atomic E-state index is -0.890. The quantitative estimate of drug-likeness (QED) is 0.420. The Morgan fingerprint density at radius 2 is 1.86 bits per heavy atom. The van der Waals surface area contributed by atoms with Gasteiger partial charge in [-0.15, -0.1) is 0 Å². The molecule has 0 saturated carbocycles. The van der Waals surface area contributed by atoms with Gasteiger partial charge in [0.15, 0.2) is 0 Å². The molecular formula is C15H30N2O4. The van der Waals surface area contributed by atoms with E-state index in [0.717, 1.165) is 19.3 Å². The molecule has 0 aliphatic rings. The average molecular weight is 302 g/mol. The van der Waals surface area contributed by atoms with Crippen molar-refractivity contribution in [3.8, 4) is 0 Å². The Morgan fingerprint density at radius 1 is 1.29 bits per heavy atom. The molecule has 6 heteroatoms. The van der Waals surface area contributed by atoms with Crippen LogP contribution in [0.3, 0.4) is 0 Å². The lowest BCUT2D eigenvalue weighted by Crippen LogP contribution is -2.34. The van der Waals surface area contributed by atoms with Crippen molar-refractivity contribution in [2.45, 2.75) is 78.4 Å². The van der Waals surface area contributed by atoms with Crippen LogP contribution in [0.2, 0.25) is 0 Å². The van der Waals surface area contributed by atoms with E-state index < -0.39 is 17.2 Å². The number of ether oxygens (including phenoxy) is 1. The Hall–Kier alpha value is -1.33. The van der Waals surface area contributed by atoms with Gasteiger partial charge in [0.1, 0.15) is 5.60 Å². The number of hydrogen-bond acceptors (Lipinski definition) is 4. The maximum atomic E-state index is 11.5. The third kappa shape index (κ3) is 9.26. The van der Waals surface area contributed by atoms with Crippen LogP contribution < -0.4 is 5.32 Å². The summed E-state index contributed by atoms with van der Waals surface area (Å²) in [6.45, 7) is 11.4. The van der Waals surface area contributed by atoms with E-state index in [1.807, 2.05) is 27.7 Å². The van der Waals surface area contributed by atoms with Crippen LogP contribution in [0, 0.1) is 16.0 Å². The van der Waals surface area contributed by atoms with Crippen molar-refractivity contribution in [3.63, 3.8) is 0 Å². The molecule has 0 aromatic rings. The molecule has 0 aliphatic carbocycles. The van der Waals surface area contributed by atoms with Gasteiger partial charge in [0.2, 0.25) is 5.54 Å². The molecule has 0 unspecified atom stereocenters. The summed E-state index contributed by atoms with van der Waals surface area (Å²) < 4.78 is 5.14. The Kier molecular flexibility index (Phi) is 7.68. The normalized spacial score (nSPS) is 13.6. The summed E-state index contributed by atoms with van der Waals surface area (Å²) >= 11 is 0. The molecule has 0 rings (SSSR count). The van der Waals surface area contributed by atoms with Crippen LogP contribution in [0.5, 0.6) is 0 Å². The first-order chi connectivity index (χ1) is 9.48. The number of rotatable bonds is 8. The van der Waals surface area contributed by atoms with Crippen molar-refractivity contribution in [2.75, 3.05) is 6.54 Å². The molecular weight excluding hydrogens is 272 g/mol. The number of hydrogen-bond donors (Lipinski definition) is 1. The highest BCUT2D eigenvalue weighted by atomic mass is 16.6. The Labute approximate surface area is 127 Å². The second-order valence-corrected chi connectivity index (χ2v) is 7.12. The molecule has 0 aromatic heterocycles. The van der Waals surface area contributed by atoms with Gasteiger partial charge in [-0.1, -0.05) is 13.3 Å². The number of nitrogens with one attached hydrogen (secondary N) is 1. The third-order valence-electron chi connectivity index (χ3n) is 3.32. The fourth-order valence-corrected chi connectivity index (χ4v) is 2.13. The van der Waals surface area contributed by atoms with Crippen molar-refractivity contribution in [1.82, 2.24) is 5.32 Å². The molecule has 0 aromatic carbocycles. The maximum Gasteiger partial charge on any atom is 0.407 e. The molecule has 1 atom stereocenters. The van der Waals surface area contributed by atoms with Crippen molar-refractivity contribution < 1.29 is 14.5 Å². The van der Waals surface area contributed by atoms with Gasteiger partial charge in [0.05, 0.1) is 0 Å². The van der Waals surface area contributed by atoms with Crippen molar-refractivity contribution >= 4 is 6.09 Å². The van der Waals surface area contributed by atoms with Crippen LogP contribution in [0.15, 0.2) is 0 Å². The van der Waals surface area contributed by atoms with Gasteiger partial charge < -0.3 is 10.1 Å². The molecule has 0 heterocycles. The van der Waals surface area contributed by atoms with Crippen LogP contribution in [0.4, 0.5) is 4.79 Å². The fraction of sp³-hybridized carbons (Fsp3) is 0.933. The Bertz CT molecular complexity index is 348. The molecule has 0 spiro atoms. The molecule has 0 radical (unpaired) electrons. The smallest absolute Gasteiger partial charge is 0.407 e. The number of nitro groups is 1. The van der Waals surface area contributed by atoms with Crippen LogP contribution in [-0.4, -0.2) is 28.7 Å². The number of alkyl carbamates (subject to hydrolysis) is 1. The number of carbonyl (C=O) groups excluding carboxylic acids is 1. The van der Waals surface area contributed by atoms with Gasteiger partial charge in [0.25, 0.3) is 0 Å². The summed E-state index contributed by atoms with van der Waals surface area (Å²) in [6, 6.07) is 0. The molecule has 21 heavy (non-hydrogen) atoms. The van der Waals surface area contributed by atoms with E-state index in [-0.39, 0.29) is 4.92 Å². The molecule has 0 aliphatic heterocycles. The predicted molar refractivity (Wildman–Crippen MR) is 82.9 cm³/mol. The van der Waals surface area contributed by atoms with E-state index in [9.17, 15) is 14.9 Å². The van der Waals surface area contributed by atoms with E-state index in [0.29, 0.717) is 18.9 Å². The van der Waals surface area contributed by atoms with Crippen LogP contribution in [-0.2, 0) is 4.74 Å². The van der Waals surface area contributed by atoms with Crippen molar-refractivity contribution in [2.24, 2.45) is 5.92 Å². The summed E-state index contributed by atoms with van der Waals surface area (Å²) in [5.74, 6) is 0.297. The minimum Gasteiger partial charge on any atom is -0.444 e. The van der Waals surface area contributed by atoms with Crippen molar-refractivity contribution in [1.29, 1.82) is 0 Å². The van der Waals surface area contributed by atoms with Gasteiger partial charge in [-0.2, -0.15) is 0 Å². The van der Waals surface area contributed by atoms with Crippen LogP contribution in [0.25, 0.3) is 0 Å². The van der Waals surface area contributed by atoms with Gasteiger partial charge in [-0.3, -0.25) is 10.1 Å². The number of nitrogens with zero attached hydrogens (tertiary/aromatic N) is 1. The summed E-state index contributed by atoms with van der Waals surface area (Å²) in [7, 11) is 0. The summed E-state index contributed by atoms with van der Waals surface area (Å²) in [6.07, 6.45) is 2.71. The van der Waals surface area contributed by atoms with Crippen molar-refractivity contribution in [3.05, 3.63) is 10.1 Å². The highest BCUT2D eigenvalue weighted by Gasteiger charge is 2.33. The lowest BCUT2D eigenvalue weighted by molar-refractivity contribution is -0.563. The van der Waals surface area contributed by atoms with Gasteiger partial charge in [-0.25, -0.2) is 4.79 Å². The molecule has 6 nitrogen and oxygen atoms in total. The fourth-order valence-electron chi connectivity index (χ4n) is 2.13. The minimum absolute atomic E-state index is 0.214. The Morgan fingerprint density at radius 3 is 2.29 bits per heavy atom. The maximum absolute atomic E-state index is 11.5. The highest BCUT2D eigenvalue weighted by Crippen LogP contribution is 2.25. The predicted octanol–water partition coefficient (Wildman–Crippen LogP) is 3.76. The molecule has 0 fully saturated rings. The SMILES string of the molecule is CC[C@@H](CCCNC(=O)OC(C)(C)C)CC(C)(C)[N+](=O)[O-].